The van der Waals surface area contributed by atoms with Gasteiger partial charge in [0, 0.05) is 24.2 Å². The first kappa shape index (κ1) is 8.16. The summed E-state index contributed by atoms with van der Waals surface area (Å²) < 4.78 is 0. The van der Waals surface area contributed by atoms with Crippen LogP contribution in [0.3, 0.4) is 0 Å². The number of allylic oxidation sites excluding steroid dienone is 4. The number of carbonyl (C=O) groups excluding carboxylic acids is 2. The van der Waals surface area contributed by atoms with E-state index in [4.69, 9.17) is 0 Å². The third-order valence-corrected chi connectivity index (χ3v) is 3.78. The minimum Gasteiger partial charge on any atom is -0.299 e. The molecule has 0 radical (unpaired) electrons. The lowest BCUT2D eigenvalue weighted by molar-refractivity contribution is -0.131. The number of Topliss-reactive ketones (excluding diaryl/α,β-unsaturated/α-hetero) is 2. The first-order valence-corrected chi connectivity index (χ1v) is 5.19. The lowest BCUT2D eigenvalue weighted by atomic mass is 9.73. The van der Waals surface area contributed by atoms with E-state index < -0.39 is 0 Å². The third kappa shape index (κ3) is 0.912. The van der Waals surface area contributed by atoms with Crippen molar-refractivity contribution in [3.63, 3.8) is 0 Å². The highest BCUT2D eigenvalue weighted by molar-refractivity contribution is 5.98. The summed E-state index contributed by atoms with van der Waals surface area (Å²) in [6, 6.07) is 0. The van der Waals surface area contributed by atoms with E-state index in [2.05, 4.69) is 0 Å². The predicted octanol–water partition coefficient (Wildman–Crippen LogP) is 1.52. The summed E-state index contributed by atoms with van der Waals surface area (Å²) in [5, 5.41) is 0. The number of carbonyl (C=O) groups is 2. The van der Waals surface area contributed by atoms with Crippen molar-refractivity contribution in [3.05, 3.63) is 24.3 Å². The molecule has 2 nitrogen and oxygen atoms in total. The van der Waals surface area contributed by atoms with Crippen LogP contribution in [0.2, 0.25) is 0 Å². The molecule has 4 atom stereocenters. The second kappa shape index (κ2) is 2.66. The van der Waals surface area contributed by atoms with Crippen LogP contribution in [0.5, 0.6) is 0 Å². The number of hydrogen-bond acceptors (Lipinski definition) is 2. The molecule has 0 aliphatic heterocycles. The molecular formula is C12H12O2. The molecule has 0 amide bonds. The number of fused-ring (bicyclic) bond motifs is 6. The van der Waals surface area contributed by atoms with Gasteiger partial charge in [-0.05, 0) is 12.3 Å². The molecule has 0 saturated heterocycles. The van der Waals surface area contributed by atoms with Crippen LogP contribution in [-0.4, -0.2) is 11.6 Å². The Hall–Kier alpha value is -1.18. The first-order chi connectivity index (χ1) is 6.77. The lowest BCUT2D eigenvalue weighted by Gasteiger charge is -2.28. The summed E-state index contributed by atoms with van der Waals surface area (Å²) in [5.74, 6) is 0.754. The average Bonchev–Trinajstić information content (AvgIpc) is 2.43. The topological polar surface area (TPSA) is 34.1 Å². The fourth-order valence-electron chi connectivity index (χ4n) is 3.07. The second-order valence-electron chi connectivity index (χ2n) is 4.50. The maximum atomic E-state index is 12.0. The van der Waals surface area contributed by atoms with Crippen LogP contribution in [0.1, 0.15) is 12.8 Å². The van der Waals surface area contributed by atoms with Crippen LogP contribution < -0.4 is 0 Å². The van der Waals surface area contributed by atoms with Crippen molar-refractivity contribution in [1.29, 1.82) is 0 Å². The van der Waals surface area contributed by atoms with Gasteiger partial charge in [-0.3, -0.25) is 9.59 Å². The van der Waals surface area contributed by atoms with Gasteiger partial charge in [-0.15, -0.1) is 0 Å². The molecule has 3 aliphatic rings. The number of ketones is 2. The van der Waals surface area contributed by atoms with Crippen molar-refractivity contribution in [2.45, 2.75) is 12.8 Å². The molecule has 0 aromatic heterocycles. The molecule has 0 aromatic rings. The van der Waals surface area contributed by atoms with Crippen LogP contribution >= 0.6 is 0 Å². The Balaban J connectivity index is 2.10. The molecule has 0 unspecified atom stereocenters. The molecule has 3 rings (SSSR count). The van der Waals surface area contributed by atoms with Crippen LogP contribution in [0.15, 0.2) is 24.3 Å². The normalized spacial score (nSPS) is 44.3. The highest BCUT2D eigenvalue weighted by Gasteiger charge is 2.50. The largest absolute Gasteiger partial charge is 0.299 e. The SMILES string of the molecule is O=C1[C@H]2C=CC=C[C@@H]1[C@H]1CC(=O)[C@@H]2C1. The molecule has 0 N–H and O–H groups in total. The van der Waals surface area contributed by atoms with Crippen LogP contribution in [-0.2, 0) is 9.59 Å². The van der Waals surface area contributed by atoms with E-state index in [1.54, 1.807) is 0 Å². The highest BCUT2D eigenvalue weighted by Crippen LogP contribution is 2.46. The Morgan fingerprint density at radius 1 is 1.07 bits per heavy atom. The van der Waals surface area contributed by atoms with Gasteiger partial charge in [0.2, 0.25) is 0 Å². The Labute approximate surface area is 82.7 Å². The van der Waals surface area contributed by atoms with Crippen LogP contribution in [0.25, 0.3) is 0 Å². The molecule has 2 saturated carbocycles. The van der Waals surface area contributed by atoms with Gasteiger partial charge >= 0.3 is 0 Å². The molecule has 2 fully saturated rings. The summed E-state index contributed by atoms with van der Waals surface area (Å²) in [5.41, 5.74) is 0. The standard InChI is InChI=1S/C12H12O2/c13-11-6-7-5-10(11)9-4-2-1-3-8(7)12(9)14/h1-4,7-10H,5-6H2/t7-,8-,9+,10-/m1/s1. The maximum absolute atomic E-state index is 12.0. The summed E-state index contributed by atoms with van der Waals surface area (Å²) in [6.07, 6.45) is 9.29. The first-order valence-electron chi connectivity index (χ1n) is 5.19. The van der Waals surface area contributed by atoms with Crippen molar-refractivity contribution < 1.29 is 9.59 Å². The molecule has 0 aromatic carbocycles. The number of rotatable bonds is 0. The van der Waals surface area contributed by atoms with E-state index >= 15 is 0 Å². The monoisotopic (exact) mass is 188 g/mol. The summed E-state index contributed by atoms with van der Waals surface area (Å²) >= 11 is 0. The van der Waals surface area contributed by atoms with E-state index in [-0.39, 0.29) is 23.5 Å². The van der Waals surface area contributed by atoms with Gasteiger partial charge < -0.3 is 0 Å². The molecule has 14 heavy (non-hydrogen) atoms. The van der Waals surface area contributed by atoms with Crippen molar-refractivity contribution in [3.8, 4) is 0 Å². The lowest BCUT2D eigenvalue weighted by Crippen LogP contribution is -2.34. The van der Waals surface area contributed by atoms with Gasteiger partial charge in [0.1, 0.15) is 11.6 Å². The highest BCUT2D eigenvalue weighted by atomic mass is 16.1. The maximum Gasteiger partial charge on any atom is 0.147 e. The summed E-state index contributed by atoms with van der Waals surface area (Å²) in [6.45, 7) is 0. The molecule has 3 aliphatic carbocycles. The fraction of sp³-hybridized carbons (Fsp3) is 0.500. The predicted molar refractivity (Wildman–Crippen MR) is 51.5 cm³/mol. The van der Waals surface area contributed by atoms with E-state index in [0.717, 1.165) is 6.42 Å². The molecule has 0 heterocycles. The van der Waals surface area contributed by atoms with Gasteiger partial charge in [-0.2, -0.15) is 0 Å². The zero-order valence-electron chi connectivity index (χ0n) is 7.85. The molecule has 4 bridgehead atoms. The van der Waals surface area contributed by atoms with Crippen molar-refractivity contribution in [1.82, 2.24) is 0 Å². The minimum absolute atomic E-state index is 0.0000926. The Bertz CT molecular complexity index is 365. The minimum atomic E-state index is -0.124. The van der Waals surface area contributed by atoms with Crippen LogP contribution in [0, 0.1) is 23.7 Å². The van der Waals surface area contributed by atoms with E-state index in [0.29, 0.717) is 18.1 Å². The van der Waals surface area contributed by atoms with Gasteiger partial charge in [0.05, 0.1) is 0 Å². The quantitative estimate of drug-likeness (QED) is 0.577. The summed E-state index contributed by atoms with van der Waals surface area (Å²) in [7, 11) is 0. The fourth-order valence-corrected chi connectivity index (χ4v) is 3.07. The van der Waals surface area contributed by atoms with E-state index in [1.165, 1.54) is 0 Å². The Morgan fingerprint density at radius 3 is 2.57 bits per heavy atom. The molecule has 72 valence electrons. The number of hydrogen-bond donors (Lipinski definition) is 0. The van der Waals surface area contributed by atoms with Crippen molar-refractivity contribution >= 4 is 11.6 Å². The van der Waals surface area contributed by atoms with Crippen molar-refractivity contribution in [2.24, 2.45) is 23.7 Å². The average molecular weight is 188 g/mol. The zero-order chi connectivity index (χ0) is 9.71. The van der Waals surface area contributed by atoms with Gasteiger partial charge in [-0.1, -0.05) is 24.3 Å². The van der Waals surface area contributed by atoms with Gasteiger partial charge in [-0.25, -0.2) is 0 Å². The third-order valence-electron chi connectivity index (χ3n) is 3.78. The molecule has 2 heteroatoms. The Kier molecular flexibility index (Phi) is 1.55. The summed E-state index contributed by atoms with van der Waals surface area (Å²) in [4.78, 5) is 23.6. The van der Waals surface area contributed by atoms with Crippen molar-refractivity contribution in [2.75, 3.05) is 0 Å². The van der Waals surface area contributed by atoms with Gasteiger partial charge in [0.25, 0.3) is 0 Å². The van der Waals surface area contributed by atoms with E-state index in [9.17, 15) is 9.59 Å². The second-order valence-corrected chi connectivity index (χ2v) is 4.50. The zero-order valence-corrected chi connectivity index (χ0v) is 7.85. The smallest absolute Gasteiger partial charge is 0.147 e. The van der Waals surface area contributed by atoms with Gasteiger partial charge in [0.15, 0.2) is 0 Å². The molecular weight excluding hydrogens is 176 g/mol. The molecule has 0 spiro atoms. The Morgan fingerprint density at radius 2 is 1.79 bits per heavy atom. The van der Waals surface area contributed by atoms with Crippen LogP contribution in [0.4, 0.5) is 0 Å². The van der Waals surface area contributed by atoms with E-state index in [1.807, 2.05) is 24.3 Å².